The molecule has 0 unspecified atom stereocenters. The predicted octanol–water partition coefficient (Wildman–Crippen LogP) is 0.776. The Morgan fingerprint density at radius 2 is 2.00 bits per heavy atom. The number of aliphatic hydroxyl groups excluding tert-OH is 2. The van der Waals surface area contributed by atoms with E-state index in [9.17, 15) is 5.11 Å². The molecule has 0 aromatic carbocycles. The highest BCUT2D eigenvalue weighted by Gasteiger charge is 2.37. The van der Waals surface area contributed by atoms with Crippen molar-refractivity contribution in [2.24, 2.45) is 11.3 Å². The number of aliphatic hydroxyl groups is 2. The molecule has 1 aliphatic rings. The Kier molecular flexibility index (Phi) is 2.02. The van der Waals surface area contributed by atoms with E-state index in [1.54, 1.807) is 0 Å². The lowest BCUT2D eigenvalue weighted by molar-refractivity contribution is 0.0901. The third-order valence-corrected chi connectivity index (χ3v) is 2.36. The first-order chi connectivity index (χ1) is 4.55. The molecule has 0 aromatic rings. The second-order valence-corrected chi connectivity index (χ2v) is 4.08. The van der Waals surface area contributed by atoms with Crippen LogP contribution in [-0.4, -0.2) is 22.9 Å². The monoisotopic (exact) mass is 144 g/mol. The normalized spacial score (nSPS) is 38.4. The first kappa shape index (κ1) is 8.02. The smallest absolute Gasteiger partial charge is 0.0595 e. The molecule has 2 nitrogen and oxygen atoms in total. The molecular weight excluding hydrogens is 128 g/mol. The van der Waals surface area contributed by atoms with Crippen LogP contribution >= 0.6 is 0 Å². The molecule has 2 N–H and O–H groups in total. The minimum Gasteiger partial charge on any atom is -0.396 e. The molecule has 0 amide bonds. The molecule has 0 bridgehead atoms. The summed E-state index contributed by atoms with van der Waals surface area (Å²) in [6, 6.07) is 0. The van der Waals surface area contributed by atoms with E-state index in [1.807, 2.05) is 0 Å². The van der Waals surface area contributed by atoms with Crippen LogP contribution in [0.2, 0.25) is 0 Å². The Hall–Kier alpha value is -0.0800. The molecule has 0 spiro atoms. The van der Waals surface area contributed by atoms with Gasteiger partial charge >= 0.3 is 0 Å². The van der Waals surface area contributed by atoms with Gasteiger partial charge in [0.25, 0.3) is 0 Å². The van der Waals surface area contributed by atoms with E-state index in [-0.39, 0.29) is 24.0 Å². The molecule has 0 aromatic heterocycles. The average Bonchev–Trinajstić information content (AvgIpc) is 2.05. The molecule has 0 heterocycles. The maximum atomic E-state index is 9.36. The lowest BCUT2D eigenvalue weighted by atomic mass is 9.91. The van der Waals surface area contributed by atoms with Crippen LogP contribution in [0.1, 0.15) is 26.7 Å². The summed E-state index contributed by atoms with van der Waals surface area (Å²) in [5, 5.41) is 18.2. The number of hydrogen-bond donors (Lipinski definition) is 2. The Labute approximate surface area is 61.9 Å². The average molecular weight is 144 g/mol. The van der Waals surface area contributed by atoms with Gasteiger partial charge in [-0.1, -0.05) is 13.8 Å². The van der Waals surface area contributed by atoms with Gasteiger partial charge < -0.3 is 10.2 Å². The summed E-state index contributed by atoms with van der Waals surface area (Å²) in [7, 11) is 0. The third kappa shape index (κ3) is 1.50. The maximum Gasteiger partial charge on any atom is 0.0595 e. The fraction of sp³-hybridized carbons (Fsp3) is 1.00. The molecule has 10 heavy (non-hydrogen) atoms. The van der Waals surface area contributed by atoms with Crippen LogP contribution in [0.4, 0.5) is 0 Å². The van der Waals surface area contributed by atoms with Crippen LogP contribution in [0, 0.1) is 11.3 Å². The van der Waals surface area contributed by atoms with Crippen molar-refractivity contribution in [1.82, 2.24) is 0 Å². The first-order valence-corrected chi connectivity index (χ1v) is 3.84. The van der Waals surface area contributed by atoms with Crippen molar-refractivity contribution in [3.05, 3.63) is 0 Å². The summed E-state index contributed by atoms with van der Waals surface area (Å²) in [5.74, 6) is 0.120. The van der Waals surface area contributed by atoms with Gasteiger partial charge in [0.05, 0.1) is 6.10 Å². The van der Waals surface area contributed by atoms with Gasteiger partial charge in [-0.2, -0.15) is 0 Å². The molecule has 0 saturated heterocycles. The summed E-state index contributed by atoms with van der Waals surface area (Å²) in [5.41, 5.74) is 0.229. The SMILES string of the molecule is CC1(C)C[C@@H](CO)[C@@H](O)C1. The zero-order chi connectivity index (χ0) is 7.78. The number of hydrogen-bond acceptors (Lipinski definition) is 2. The highest BCUT2D eigenvalue weighted by molar-refractivity contribution is 4.88. The summed E-state index contributed by atoms with van der Waals surface area (Å²) in [6.45, 7) is 4.39. The molecule has 1 rings (SSSR count). The van der Waals surface area contributed by atoms with Gasteiger partial charge in [-0.15, -0.1) is 0 Å². The lowest BCUT2D eigenvalue weighted by Crippen LogP contribution is -2.16. The molecule has 2 atom stereocenters. The van der Waals surface area contributed by atoms with Crippen molar-refractivity contribution in [2.75, 3.05) is 6.61 Å². The Morgan fingerprint density at radius 1 is 1.40 bits per heavy atom. The molecule has 1 fully saturated rings. The van der Waals surface area contributed by atoms with Crippen LogP contribution in [0.5, 0.6) is 0 Å². The van der Waals surface area contributed by atoms with Crippen molar-refractivity contribution in [3.63, 3.8) is 0 Å². The fourth-order valence-corrected chi connectivity index (χ4v) is 1.85. The van der Waals surface area contributed by atoms with Gasteiger partial charge in [0.1, 0.15) is 0 Å². The molecular formula is C8H16O2. The van der Waals surface area contributed by atoms with E-state index in [4.69, 9.17) is 5.11 Å². The Morgan fingerprint density at radius 3 is 2.20 bits per heavy atom. The Balaban J connectivity index is 2.52. The van der Waals surface area contributed by atoms with Crippen molar-refractivity contribution >= 4 is 0 Å². The van der Waals surface area contributed by atoms with E-state index in [2.05, 4.69) is 13.8 Å². The molecule has 1 saturated carbocycles. The van der Waals surface area contributed by atoms with E-state index in [0.29, 0.717) is 0 Å². The zero-order valence-electron chi connectivity index (χ0n) is 6.67. The highest BCUT2D eigenvalue weighted by Crippen LogP contribution is 2.40. The molecule has 0 aliphatic heterocycles. The maximum absolute atomic E-state index is 9.36. The topological polar surface area (TPSA) is 40.5 Å². The quantitative estimate of drug-likeness (QED) is 0.571. The van der Waals surface area contributed by atoms with Gasteiger partial charge in [0.2, 0.25) is 0 Å². The second kappa shape index (κ2) is 2.51. The standard InChI is InChI=1S/C8H16O2/c1-8(2)3-6(5-9)7(10)4-8/h6-7,9-10H,3-5H2,1-2H3/t6-,7-/m0/s1. The fourth-order valence-electron chi connectivity index (χ4n) is 1.85. The van der Waals surface area contributed by atoms with Crippen LogP contribution in [-0.2, 0) is 0 Å². The highest BCUT2D eigenvalue weighted by atomic mass is 16.3. The lowest BCUT2D eigenvalue weighted by Gasteiger charge is -2.15. The van der Waals surface area contributed by atoms with Gasteiger partial charge in [0.15, 0.2) is 0 Å². The summed E-state index contributed by atoms with van der Waals surface area (Å²) >= 11 is 0. The van der Waals surface area contributed by atoms with Gasteiger partial charge in [-0.3, -0.25) is 0 Å². The summed E-state index contributed by atoms with van der Waals surface area (Å²) < 4.78 is 0. The molecule has 0 radical (unpaired) electrons. The Bertz CT molecular complexity index is 120. The van der Waals surface area contributed by atoms with E-state index >= 15 is 0 Å². The summed E-state index contributed by atoms with van der Waals surface area (Å²) in [6.07, 6.45) is 1.50. The van der Waals surface area contributed by atoms with Crippen molar-refractivity contribution in [1.29, 1.82) is 0 Å². The van der Waals surface area contributed by atoms with Crippen LogP contribution < -0.4 is 0 Å². The first-order valence-electron chi connectivity index (χ1n) is 3.84. The van der Waals surface area contributed by atoms with E-state index in [1.165, 1.54) is 0 Å². The van der Waals surface area contributed by atoms with Crippen molar-refractivity contribution in [2.45, 2.75) is 32.8 Å². The largest absolute Gasteiger partial charge is 0.396 e. The molecule has 2 heteroatoms. The minimum absolute atomic E-state index is 0.120. The predicted molar refractivity (Wildman–Crippen MR) is 39.6 cm³/mol. The third-order valence-electron chi connectivity index (χ3n) is 2.36. The minimum atomic E-state index is -0.278. The van der Waals surface area contributed by atoms with E-state index < -0.39 is 0 Å². The molecule has 1 aliphatic carbocycles. The van der Waals surface area contributed by atoms with Gasteiger partial charge in [0, 0.05) is 12.5 Å². The van der Waals surface area contributed by atoms with Crippen molar-refractivity contribution in [3.8, 4) is 0 Å². The van der Waals surface area contributed by atoms with Crippen LogP contribution in [0.25, 0.3) is 0 Å². The van der Waals surface area contributed by atoms with Gasteiger partial charge in [-0.05, 0) is 18.3 Å². The number of rotatable bonds is 1. The van der Waals surface area contributed by atoms with Crippen LogP contribution in [0.3, 0.4) is 0 Å². The van der Waals surface area contributed by atoms with Gasteiger partial charge in [-0.25, -0.2) is 0 Å². The summed E-state index contributed by atoms with van der Waals surface area (Å²) in [4.78, 5) is 0. The second-order valence-electron chi connectivity index (χ2n) is 4.08. The van der Waals surface area contributed by atoms with Crippen LogP contribution in [0.15, 0.2) is 0 Å². The van der Waals surface area contributed by atoms with Crippen molar-refractivity contribution < 1.29 is 10.2 Å². The zero-order valence-corrected chi connectivity index (χ0v) is 6.67. The van der Waals surface area contributed by atoms with E-state index in [0.717, 1.165) is 12.8 Å². The molecule has 60 valence electrons.